The summed E-state index contributed by atoms with van der Waals surface area (Å²) in [6.45, 7) is 4.52. The van der Waals surface area contributed by atoms with Crippen molar-refractivity contribution < 1.29 is 0 Å². The van der Waals surface area contributed by atoms with Crippen molar-refractivity contribution in [2.75, 3.05) is 5.73 Å². The molecule has 3 aromatic rings. The van der Waals surface area contributed by atoms with Crippen molar-refractivity contribution in [1.29, 1.82) is 0 Å². The molecule has 0 aliphatic rings. The number of hydrogen-bond donors (Lipinski definition) is 2. The highest BCUT2D eigenvalue weighted by molar-refractivity contribution is 7.78. The highest BCUT2D eigenvalue weighted by Crippen LogP contribution is 2.23. The number of nitrogen functional groups attached to an aromatic ring is 1. The maximum absolute atomic E-state index is 12.5. The van der Waals surface area contributed by atoms with Gasteiger partial charge in [0.1, 0.15) is 11.3 Å². The van der Waals surface area contributed by atoms with Crippen LogP contribution in [0, 0.1) is 0 Å². The fraction of sp³-hybridized carbons (Fsp3) is 0.312. The highest BCUT2D eigenvalue weighted by atomic mass is 32.1. The Bertz CT molecular complexity index is 900. The van der Waals surface area contributed by atoms with Gasteiger partial charge in [0.2, 0.25) is 0 Å². The zero-order chi connectivity index (χ0) is 16.6. The lowest BCUT2D eigenvalue weighted by atomic mass is 10.1. The summed E-state index contributed by atoms with van der Waals surface area (Å²) >= 11 is 4.25. The van der Waals surface area contributed by atoms with E-state index in [1.165, 1.54) is 3.97 Å². The van der Waals surface area contributed by atoms with Gasteiger partial charge in [-0.1, -0.05) is 57.0 Å². The molecule has 3 rings (SSSR count). The Morgan fingerprint density at radius 2 is 1.96 bits per heavy atom. The van der Waals surface area contributed by atoms with Gasteiger partial charge in [-0.15, -0.1) is 0 Å². The third-order valence-electron chi connectivity index (χ3n) is 4.03. The minimum absolute atomic E-state index is 0.172. The number of benzene rings is 1. The van der Waals surface area contributed by atoms with Crippen LogP contribution in [-0.4, -0.2) is 18.5 Å². The Kier molecular flexibility index (Phi) is 4.12. The Balaban J connectivity index is 2.22. The highest BCUT2D eigenvalue weighted by Gasteiger charge is 2.19. The molecule has 1 aromatic carbocycles. The standard InChI is InChI=1S/C16H19N5OS/c1-3-10(2)14-18-13(17)12-15(19-14)20(16(22)21(12)23)9-11-7-5-4-6-8-11/h4-8,10,23H,3,9H2,1-2H3,(H2,17,18,19). The molecule has 2 N–H and O–H groups in total. The van der Waals surface area contributed by atoms with E-state index in [1.807, 2.05) is 37.3 Å². The fourth-order valence-electron chi connectivity index (χ4n) is 2.48. The van der Waals surface area contributed by atoms with Crippen LogP contribution in [0.2, 0.25) is 0 Å². The summed E-state index contributed by atoms with van der Waals surface area (Å²) in [5.41, 5.74) is 7.78. The van der Waals surface area contributed by atoms with Gasteiger partial charge in [0.15, 0.2) is 11.5 Å². The van der Waals surface area contributed by atoms with Crippen molar-refractivity contribution in [1.82, 2.24) is 18.5 Å². The van der Waals surface area contributed by atoms with E-state index in [0.29, 0.717) is 23.5 Å². The monoisotopic (exact) mass is 329 g/mol. The second-order valence-electron chi connectivity index (χ2n) is 5.61. The number of hydrogen-bond acceptors (Lipinski definition) is 5. The third-order valence-corrected chi connectivity index (χ3v) is 4.40. The summed E-state index contributed by atoms with van der Waals surface area (Å²) in [4.78, 5) is 21.4. The molecule has 0 saturated heterocycles. The van der Waals surface area contributed by atoms with E-state index in [9.17, 15) is 4.79 Å². The maximum atomic E-state index is 12.5. The van der Waals surface area contributed by atoms with Gasteiger partial charge in [0.05, 0.1) is 6.54 Å². The molecule has 0 bridgehead atoms. The Hall–Kier alpha value is -2.28. The summed E-state index contributed by atoms with van der Waals surface area (Å²) in [6.07, 6.45) is 0.898. The second-order valence-corrected chi connectivity index (χ2v) is 6.01. The normalized spacial score (nSPS) is 12.7. The summed E-state index contributed by atoms with van der Waals surface area (Å²) in [5, 5.41) is 0. The number of nitrogens with zero attached hydrogens (tertiary/aromatic N) is 4. The van der Waals surface area contributed by atoms with E-state index < -0.39 is 0 Å². The van der Waals surface area contributed by atoms with Crippen LogP contribution in [0.1, 0.15) is 37.6 Å². The smallest absolute Gasteiger partial charge is 0.340 e. The molecule has 1 unspecified atom stereocenters. The van der Waals surface area contributed by atoms with Crippen LogP contribution in [0.4, 0.5) is 5.82 Å². The minimum Gasteiger partial charge on any atom is -0.382 e. The average Bonchev–Trinajstić information content (AvgIpc) is 2.80. The van der Waals surface area contributed by atoms with Gasteiger partial charge >= 0.3 is 5.69 Å². The number of aromatic nitrogens is 4. The van der Waals surface area contributed by atoms with E-state index >= 15 is 0 Å². The van der Waals surface area contributed by atoms with Crippen LogP contribution < -0.4 is 11.4 Å². The van der Waals surface area contributed by atoms with Crippen molar-refractivity contribution in [2.45, 2.75) is 32.7 Å². The minimum atomic E-state index is -0.269. The molecule has 0 aliphatic heterocycles. The molecule has 0 radical (unpaired) electrons. The first kappa shape index (κ1) is 15.6. The zero-order valence-corrected chi connectivity index (χ0v) is 14.0. The van der Waals surface area contributed by atoms with E-state index in [-0.39, 0.29) is 17.4 Å². The van der Waals surface area contributed by atoms with Gasteiger partial charge in [-0.3, -0.25) is 4.57 Å². The third kappa shape index (κ3) is 2.72. The van der Waals surface area contributed by atoms with Crippen LogP contribution >= 0.6 is 12.8 Å². The summed E-state index contributed by atoms with van der Waals surface area (Å²) in [6, 6.07) is 9.75. The van der Waals surface area contributed by atoms with Crippen molar-refractivity contribution >= 4 is 29.8 Å². The fourth-order valence-corrected chi connectivity index (χ4v) is 2.78. The molecule has 23 heavy (non-hydrogen) atoms. The molecule has 2 aromatic heterocycles. The van der Waals surface area contributed by atoms with Crippen molar-refractivity contribution in [3.8, 4) is 0 Å². The van der Waals surface area contributed by atoms with E-state index in [4.69, 9.17) is 5.73 Å². The molecule has 1 atom stereocenters. The predicted molar refractivity (Wildman–Crippen MR) is 94.8 cm³/mol. The van der Waals surface area contributed by atoms with E-state index in [2.05, 4.69) is 29.7 Å². The van der Waals surface area contributed by atoms with Crippen LogP contribution in [0.5, 0.6) is 0 Å². The topological polar surface area (TPSA) is 78.7 Å². The molecular weight excluding hydrogens is 310 g/mol. The number of nitrogens with two attached hydrogens (primary N) is 1. The SMILES string of the molecule is CCC(C)c1nc(N)c2c(n1)n(Cc1ccccc1)c(=O)n2S. The van der Waals surface area contributed by atoms with Crippen LogP contribution in [0.15, 0.2) is 35.1 Å². The summed E-state index contributed by atoms with van der Waals surface area (Å²) in [5.74, 6) is 1.10. The molecule has 0 amide bonds. The molecule has 0 fully saturated rings. The van der Waals surface area contributed by atoms with Gasteiger partial charge in [-0.2, -0.15) is 0 Å². The average molecular weight is 329 g/mol. The largest absolute Gasteiger partial charge is 0.382 e. The Labute approximate surface area is 139 Å². The molecule has 120 valence electrons. The van der Waals surface area contributed by atoms with Gasteiger partial charge in [0.25, 0.3) is 0 Å². The van der Waals surface area contributed by atoms with Gasteiger partial charge in [0, 0.05) is 5.92 Å². The van der Waals surface area contributed by atoms with Crippen molar-refractivity contribution in [3.05, 3.63) is 52.2 Å². The molecule has 6 nitrogen and oxygen atoms in total. The maximum Gasteiger partial charge on any atom is 0.340 e. The first-order chi connectivity index (χ1) is 11.0. The number of anilines is 1. The molecule has 7 heteroatoms. The molecule has 0 aliphatic carbocycles. The van der Waals surface area contributed by atoms with Gasteiger partial charge in [-0.25, -0.2) is 18.7 Å². The summed E-state index contributed by atoms with van der Waals surface area (Å²) in [7, 11) is 0. The number of rotatable bonds is 4. The number of thiol groups is 1. The zero-order valence-electron chi connectivity index (χ0n) is 13.1. The molecule has 0 saturated carbocycles. The van der Waals surface area contributed by atoms with Crippen LogP contribution in [-0.2, 0) is 6.54 Å². The Morgan fingerprint density at radius 1 is 1.26 bits per heavy atom. The molecular formula is C16H19N5OS. The lowest BCUT2D eigenvalue weighted by Crippen LogP contribution is -2.21. The van der Waals surface area contributed by atoms with Crippen molar-refractivity contribution in [3.63, 3.8) is 0 Å². The molecule has 2 heterocycles. The van der Waals surface area contributed by atoms with E-state index in [1.54, 1.807) is 4.57 Å². The van der Waals surface area contributed by atoms with Gasteiger partial charge in [-0.05, 0) is 12.0 Å². The van der Waals surface area contributed by atoms with Crippen molar-refractivity contribution in [2.24, 2.45) is 0 Å². The quantitative estimate of drug-likeness (QED) is 0.721. The van der Waals surface area contributed by atoms with E-state index in [0.717, 1.165) is 12.0 Å². The predicted octanol–water partition coefficient (Wildman–Crippen LogP) is 2.43. The van der Waals surface area contributed by atoms with Crippen LogP contribution in [0.25, 0.3) is 11.2 Å². The second kappa shape index (κ2) is 6.08. The Morgan fingerprint density at radius 3 is 2.61 bits per heavy atom. The lowest BCUT2D eigenvalue weighted by molar-refractivity contribution is 0.678. The molecule has 0 spiro atoms. The number of imidazole rings is 1. The number of fused-ring (bicyclic) bond motifs is 1. The summed E-state index contributed by atoms with van der Waals surface area (Å²) < 4.78 is 2.80. The first-order valence-electron chi connectivity index (χ1n) is 7.54. The first-order valence-corrected chi connectivity index (χ1v) is 7.94. The van der Waals surface area contributed by atoms with Gasteiger partial charge < -0.3 is 5.73 Å². The van der Waals surface area contributed by atoms with Crippen LogP contribution in [0.3, 0.4) is 0 Å². The lowest BCUT2D eigenvalue weighted by Gasteiger charge is -2.09.